The van der Waals surface area contributed by atoms with E-state index in [2.05, 4.69) is 37.8 Å². The summed E-state index contributed by atoms with van der Waals surface area (Å²) in [6.07, 6.45) is 7.25. The Morgan fingerprint density at radius 2 is 1.62 bits per heavy atom. The van der Waals surface area contributed by atoms with Crippen LogP contribution in [0.15, 0.2) is 67.1 Å². The Bertz CT molecular complexity index is 1270. The number of nitrogen functional groups attached to an aromatic ring is 1. The fraction of sp³-hybridized carbons (Fsp3) is 0.333. The van der Waals surface area contributed by atoms with E-state index in [1.54, 1.807) is 6.33 Å². The van der Waals surface area contributed by atoms with E-state index in [9.17, 15) is 0 Å². The summed E-state index contributed by atoms with van der Waals surface area (Å²) in [7, 11) is 0. The average Bonchev–Trinajstić information content (AvgIpc) is 3.52. The summed E-state index contributed by atoms with van der Waals surface area (Å²) >= 11 is 0. The Labute approximate surface area is 199 Å². The van der Waals surface area contributed by atoms with Crippen LogP contribution in [0.1, 0.15) is 25.3 Å². The maximum absolute atomic E-state index is 6.37. The highest BCUT2D eigenvalue weighted by molar-refractivity contribution is 6.00. The minimum absolute atomic E-state index is 0.402. The van der Waals surface area contributed by atoms with Crippen molar-refractivity contribution in [2.45, 2.75) is 31.3 Å². The summed E-state index contributed by atoms with van der Waals surface area (Å²) in [6, 6.07) is 19.0. The quantitative estimate of drug-likeness (QED) is 0.461. The van der Waals surface area contributed by atoms with Crippen molar-refractivity contribution < 1.29 is 9.47 Å². The molecule has 3 heterocycles. The molecule has 0 spiro atoms. The first-order chi connectivity index (χ1) is 16.8. The molecule has 2 aromatic carbocycles. The molecule has 2 fully saturated rings. The van der Waals surface area contributed by atoms with Crippen LogP contribution in [0, 0.1) is 0 Å². The van der Waals surface area contributed by atoms with Gasteiger partial charge in [0, 0.05) is 36.9 Å². The third kappa shape index (κ3) is 4.02. The number of nitrogens with two attached hydrogens (primary N) is 1. The summed E-state index contributed by atoms with van der Waals surface area (Å²) in [5.41, 5.74) is 9.43. The van der Waals surface area contributed by atoms with Crippen molar-refractivity contribution in [3.05, 3.63) is 67.1 Å². The lowest BCUT2D eigenvalue weighted by atomic mass is 10.1. The maximum Gasteiger partial charge on any atom is 0.146 e. The van der Waals surface area contributed by atoms with E-state index in [0.717, 1.165) is 72.8 Å². The van der Waals surface area contributed by atoms with Crippen molar-refractivity contribution in [3.63, 3.8) is 0 Å². The molecule has 7 nitrogen and oxygen atoms in total. The Morgan fingerprint density at radius 1 is 0.882 bits per heavy atom. The highest BCUT2D eigenvalue weighted by Crippen LogP contribution is 2.40. The smallest absolute Gasteiger partial charge is 0.146 e. The fourth-order valence-electron chi connectivity index (χ4n) is 5.39. The Hall–Kier alpha value is -3.42. The van der Waals surface area contributed by atoms with Gasteiger partial charge in [0.1, 0.15) is 29.3 Å². The Morgan fingerprint density at radius 3 is 2.41 bits per heavy atom. The molecular formula is C27H29N5O2. The van der Waals surface area contributed by atoms with E-state index in [1.165, 1.54) is 6.42 Å². The minimum Gasteiger partial charge on any atom is -0.457 e. The molecular weight excluding hydrogens is 426 g/mol. The summed E-state index contributed by atoms with van der Waals surface area (Å²) < 4.78 is 13.8. The first kappa shape index (κ1) is 21.1. The second-order valence-electron chi connectivity index (χ2n) is 9.12. The van der Waals surface area contributed by atoms with Crippen molar-refractivity contribution in [1.29, 1.82) is 0 Å². The lowest BCUT2D eigenvalue weighted by molar-refractivity contribution is 0.0173. The number of benzene rings is 2. The SMILES string of the molecule is Nc1ncnc2c1c(-c1ccc(Oc3ccccc3)cc1)cn2[C@H]1CC[C@H](N2CCOCC2)C1. The first-order valence-electron chi connectivity index (χ1n) is 12.0. The maximum atomic E-state index is 6.37. The molecule has 2 aliphatic rings. The van der Waals surface area contributed by atoms with Gasteiger partial charge < -0.3 is 19.8 Å². The normalized spacial score (nSPS) is 21.2. The molecule has 6 rings (SSSR count). The largest absolute Gasteiger partial charge is 0.457 e. The average molecular weight is 456 g/mol. The van der Waals surface area contributed by atoms with Gasteiger partial charge in [-0.05, 0) is 49.1 Å². The Kier molecular flexibility index (Phi) is 5.65. The molecule has 1 saturated carbocycles. The van der Waals surface area contributed by atoms with E-state index in [0.29, 0.717) is 17.9 Å². The van der Waals surface area contributed by atoms with Crippen molar-refractivity contribution in [1.82, 2.24) is 19.4 Å². The topological polar surface area (TPSA) is 78.4 Å². The van der Waals surface area contributed by atoms with E-state index < -0.39 is 0 Å². The first-order valence-corrected chi connectivity index (χ1v) is 12.0. The molecule has 7 heteroatoms. The molecule has 0 amide bonds. The standard InChI is InChI=1S/C27H29N5O2/c28-26-25-24(19-6-10-23(11-7-19)34-22-4-2-1-3-5-22)17-32(27(25)30-18-29-26)21-9-8-20(16-21)31-12-14-33-15-13-31/h1-7,10-11,17-18,20-21H,8-9,12-16H2,(H2,28,29,30)/t20-,21-/m0/s1. The predicted octanol–water partition coefficient (Wildman–Crippen LogP) is 4.90. The van der Waals surface area contributed by atoms with Crippen LogP contribution in [0.25, 0.3) is 22.2 Å². The van der Waals surface area contributed by atoms with Crippen LogP contribution in [-0.4, -0.2) is 51.8 Å². The van der Waals surface area contributed by atoms with Crippen molar-refractivity contribution in [2.75, 3.05) is 32.0 Å². The van der Waals surface area contributed by atoms with E-state index in [1.807, 2.05) is 42.5 Å². The molecule has 0 bridgehead atoms. The van der Waals surface area contributed by atoms with Gasteiger partial charge >= 0.3 is 0 Å². The molecule has 0 unspecified atom stereocenters. The van der Waals surface area contributed by atoms with E-state index in [-0.39, 0.29) is 0 Å². The van der Waals surface area contributed by atoms with E-state index in [4.69, 9.17) is 15.2 Å². The van der Waals surface area contributed by atoms with Gasteiger partial charge in [-0.1, -0.05) is 30.3 Å². The summed E-state index contributed by atoms with van der Waals surface area (Å²) in [4.78, 5) is 11.5. The van der Waals surface area contributed by atoms with Crippen molar-refractivity contribution >= 4 is 16.9 Å². The van der Waals surface area contributed by atoms with Crippen LogP contribution >= 0.6 is 0 Å². The molecule has 0 radical (unpaired) electrons. The van der Waals surface area contributed by atoms with Crippen LogP contribution in [0.2, 0.25) is 0 Å². The van der Waals surface area contributed by atoms with Crippen LogP contribution in [0.4, 0.5) is 5.82 Å². The number of rotatable bonds is 5. The number of anilines is 1. The Balaban J connectivity index is 1.30. The van der Waals surface area contributed by atoms with Gasteiger partial charge in [-0.3, -0.25) is 4.90 Å². The number of morpholine rings is 1. The van der Waals surface area contributed by atoms with E-state index >= 15 is 0 Å². The molecule has 2 N–H and O–H groups in total. The van der Waals surface area contributed by atoms with Crippen LogP contribution < -0.4 is 10.5 Å². The number of hydrogen-bond donors (Lipinski definition) is 1. The number of para-hydroxylation sites is 1. The molecule has 174 valence electrons. The second-order valence-corrected chi connectivity index (χ2v) is 9.12. The minimum atomic E-state index is 0.402. The van der Waals surface area contributed by atoms with Crippen molar-refractivity contribution in [2.24, 2.45) is 0 Å². The highest BCUT2D eigenvalue weighted by atomic mass is 16.5. The summed E-state index contributed by atoms with van der Waals surface area (Å²) in [6.45, 7) is 3.74. The highest BCUT2D eigenvalue weighted by Gasteiger charge is 2.32. The number of aromatic nitrogens is 3. The van der Waals surface area contributed by atoms with Crippen molar-refractivity contribution in [3.8, 4) is 22.6 Å². The monoisotopic (exact) mass is 455 g/mol. The van der Waals surface area contributed by atoms with Crippen LogP contribution in [-0.2, 0) is 4.74 Å². The zero-order valence-electron chi connectivity index (χ0n) is 19.1. The van der Waals surface area contributed by atoms with Crippen LogP contribution in [0.3, 0.4) is 0 Å². The molecule has 2 aromatic heterocycles. The van der Waals surface area contributed by atoms with Gasteiger partial charge in [-0.25, -0.2) is 9.97 Å². The lowest BCUT2D eigenvalue weighted by Crippen LogP contribution is -2.42. The zero-order valence-corrected chi connectivity index (χ0v) is 19.1. The molecule has 1 saturated heterocycles. The number of ether oxygens (including phenoxy) is 2. The summed E-state index contributed by atoms with van der Waals surface area (Å²) in [5, 5.41) is 0.925. The van der Waals surface area contributed by atoms with Gasteiger partial charge in [-0.2, -0.15) is 0 Å². The predicted molar refractivity (Wildman–Crippen MR) is 133 cm³/mol. The molecule has 1 aliphatic heterocycles. The fourth-order valence-corrected chi connectivity index (χ4v) is 5.39. The third-order valence-corrected chi connectivity index (χ3v) is 7.12. The second kappa shape index (κ2) is 9.08. The number of nitrogens with zero attached hydrogens (tertiary/aromatic N) is 4. The number of fused-ring (bicyclic) bond motifs is 1. The van der Waals surface area contributed by atoms with Gasteiger partial charge in [0.25, 0.3) is 0 Å². The molecule has 2 atom stereocenters. The van der Waals surface area contributed by atoms with Crippen LogP contribution in [0.5, 0.6) is 11.5 Å². The lowest BCUT2D eigenvalue weighted by Gasteiger charge is -2.32. The van der Waals surface area contributed by atoms with Gasteiger partial charge in [0.05, 0.1) is 18.6 Å². The number of hydrogen-bond acceptors (Lipinski definition) is 6. The van der Waals surface area contributed by atoms with Gasteiger partial charge in [-0.15, -0.1) is 0 Å². The van der Waals surface area contributed by atoms with Gasteiger partial charge in [0.2, 0.25) is 0 Å². The molecule has 1 aliphatic carbocycles. The van der Waals surface area contributed by atoms with Gasteiger partial charge in [0.15, 0.2) is 0 Å². The molecule has 4 aromatic rings. The molecule has 34 heavy (non-hydrogen) atoms. The zero-order chi connectivity index (χ0) is 22.9. The summed E-state index contributed by atoms with van der Waals surface area (Å²) in [5.74, 6) is 2.14. The third-order valence-electron chi connectivity index (χ3n) is 7.12.